The van der Waals surface area contributed by atoms with Crippen molar-refractivity contribution in [1.82, 2.24) is 5.32 Å². The molecule has 0 radical (unpaired) electrons. The molecule has 1 aromatic carbocycles. The normalized spacial score (nSPS) is 38.7. The Kier molecular flexibility index (Phi) is 3.15. The summed E-state index contributed by atoms with van der Waals surface area (Å²) in [4.78, 5) is 0. The zero-order chi connectivity index (χ0) is 14.6. The lowest BCUT2D eigenvalue weighted by Gasteiger charge is -2.59. The van der Waals surface area contributed by atoms with Gasteiger partial charge in [0.15, 0.2) is 0 Å². The van der Waals surface area contributed by atoms with Crippen LogP contribution in [0.4, 0.5) is 4.39 Å². The SMILES string of the molecule is CNC(c1cc(C)cc(F)c1)C12CC3CC(CC(C3)C1)C2. The predicted molar refractivity (Wildman–Crippen MR) is 83.5 cm³/mol. The third kappa shape index (κ3) is 2.23. The summed E-state index contributed by atoms with van der Waals surface area (Å²) >= 11 is 0. The number of hydrogen-bond donors (Lipinski definition) is 1. The second-order valence-electron chi connectivity index (χ2n) is 8.06. The Morgan fingerprint density at radius 1 is 1.05 bits per heavy atom. The Labute approximate surface area is 127 Å². The summed E-state index contributed by atoms with van der Waals surface area (Å²) in [5.74, 6) is 2.71. The highest BCUT2D eigenvalue weighted by Gasteiger charge is 2.54. The zero-order valence-electron chi connectivity index (χ0n) is 13.2. The molecule has 0 heterocycles. The Hall–Kier alpha value is -0.890. The third-order valence-corrected chi connectivity index (χ3v) is 6.38. The van der Waals surface area contributed by atoms with Gasteiger partial charge < -0.3 is 5.32 Å². The van der Waals surface area contributed by atoms with Crippen LogP contribution in [-0.2, 0) is 0 Å². The van der Waals surface area contributed by atoms with E-state index < -0.39 is 0 Å². The second kappa shape index (κ2) is 4.81. The minimum Gasteiger partial charge on any atom is -0.313 e. The standard InChI is InChI=1S/C19H26FN/c1-12-3-16(8-17(20)4-12)18(21-2)19-9-13-5-14(10-19)7-15(6-13)11-19/h3-4,8,13-15,18,21H,5-7,9-11H2,1-2H3. The molecule has 114 valence electrons. The van der Waals surface area contributed by atoms with Crippen molar-refractivity contribution in [1.29, 1.82) is 0 Å². The van der Waals surface area contributed by atoms with Crippen molar-refractivity contribution in [2.75, 3.05) is 7.05 Å². The highest BCUT2D eigenvalue weighted by molar-refractivity contribution is 5.29. The predicted octanol–water partition coefficient (Wildman–Crippen LogP) is 4.61. The van der Waals surface area contributed by atoms with Crippen molar-refractivity contribution in [3.63, 3.8) is 0 Å². The van der Waals surface area contributed by atoms with Crippen molar-refractivity contribution < 1.29 is 4.39 Å². The third-order valence-electron chi connectivity index (χ3n) is 6.38. The van der Waals surface area contributed by atoms with Crippen LogP contribution in [0.3, 0.4) is 0 Å². The van der Waals surface area contributed by atoms with Crippen molar-refractivity contribution in [3.05, 3.63) is 35.1 Å². The van der Waals surface area contributed by atoms with Crippen LogP contribution in [0.5, 0.6) is 0 Å². The van der Waals surface area contributed by atoms with Crippen LogP contribution in [0.25, 0.3) is 0 Å². The lowest BCUT2D eigenvalue weighted by molar-refractivity contribution is -0.0736. The lowest BCUT2D eigenvalue weighted by Crippen LogP contribution is -2.51. The first-order valence-corrected chi connectivity index (χ1v) is 8.52. The van der Waals surface area contributed by atoms with E-state index in [9.17, 15) is 4.39 Å². The quantitative estimate of drug-likeness (QED) is 0.856. The van der Waals surface area contributed by atoms with Gasteiger partial charge in [0.05, 0.1) is 0 Å². The molecule has 4 aliphatic carbocycles. The fraction of sp³-hybridized carbons (Fsp3) is 0.684. The molecule has 0 aliphatic heterocycles. The maximum Gasteiger partial charge on any atom is 0.123 e. The van der Waals surface area contributed by atoms with Gasteiger partial charge in [0.25, 0.3) is 0 Å². The Morgan fingerprint density at radius 3 is 2.10 bits per heavy atom. The summed E-state index contributed by atoms with van der Waals surface area (Å²) in [6.45, 7) is 2.00. The molecule has 21 heavy (non-hydrogen) atoms. The Bertz CT molecular complexity index is 495. The van der Waals surface area contributed by atoms with Gasteiger partial charge in [-0.05, 0) is 98.9 Å². The van der Waals surface area contributed by atoms with Gasteiger partial charge in [0.2, 0.25) is 0 Å². The topological polar surface area (TPSA) is 12.0 Å². The van der Waals surface area contributed by atoms with Crippen molar-refractivity contribution >= 4 is 0 Å². The van der Waals surface area contributed by atoms with Crippen LogP contribution in [0.2, 0.25) is 0 Å². The van der Waals surface area contributed by atoms with Crippen LogP contribution in [0.1, 0.15) is 55.7 Å². The van der Waals surface area contributed by atoms with E-state index in [0.717, 1.165) is 28.9 Å². The molecule has 1 nitrogen and oxygen atoms in total. The van der Waals surface area contributed by atoms with Gasteiger partial charge in [-0.1, -0.05) is 6.07 Å². The number of benzene rings is 1. The average molecular weight is 287 g/mol. The van der Waals surface area contributed by atoms with E-state index in [-0.39, 0.29) is 5.82 Å². The van der Waals surface area contributed by atoms with Crippen LogP contribution in [-0.4, -0.2) is 7.05 Å². The molecule has 0 spiro atoms. The number of nitrogens with one attached hydrogen (secondary N) is 1. The van der Waals surface area contributed by atoms with Gasteiger partial charge in [-0.2, -0.15) is 0 Å². The first-order valence-electron chi connectivity index (χ1n) is 8.52. The molecule has 4 saturated carbocycles. The van der Waals surface area contributed by atoms with E-state index >= 15 is 0 Å². The molecule has 1 atom stereocenters. The van der Waals surface area contributed by atoms with E-state index in [0.29, 0.717) is 11.5 Å². The van der Waals surface area contributed by atoms with Gasteiger partial charge in [-0.3, -0.25) is 0 Å². The fourth-order valence-corrected chi connectivity index (χ4v) is 6.29. The van der Waals surface area contributed by atoms with Crippen molar-refractivity contribution in [2.45, 2.75) is 51.5 Å². The van der Waals surface area contributed by atoms with E-state index in [1.165, 1.54) is 38.5 Å². The van der Waals surface area contributed by atoms with E-state index in [1.807, 2.05) is 6.92 Å². The molecule has 0 saturated heterocycles. The molecular weight excluding hydrogens is 261 g/mol. The Morgan fingerprint density at radius 2 is 1.62 bits per heavy atom. The van der Waals surface area contributed by atoms with Crippen LogP contribution >= 0.6 is 0 Å². The van der Waals surface area contributed by atoms with E-state index in [1.54, 1.807) is 12.1 Å². The molecule has 1 N–H and O–H groups in total. The summed E-state index contributed by atoms with van der Waals surface area (Å²) < 4.78 is 13.9. The average Bonchev–Trinajstić information content (AvgIpc) is 2.36. The molecular formula is C19H26FN. The van der Waals surface area contributed by atoms with Gasteiger partial charge >= 0.3 is 0 Å². The molecule has 0 aromatic heterocycles. The lowest BCUT2D eigenvalue weighted by atomic mass is 9.47. The smallest absolute Gasteiger partial charge is 0.123 e. The molecule has 0 amide bonds. The maximum atomic E-state index is 13.9. The molecule has 5 rings (SSSR count). The van der Waals surface area contributed by atoms with Gasteiger partial charge in [-0.25, -0.2) is 4.39 Å². The summed E-state index contributed by atoms with van der Waals surface area (Å²) in [5, 5.41) is 3.56. The number of aryl methyl sites for hydroxylation is 1. The Balaban J connectivity index is 1.72. The van der Waals surface area contributed by atoms with Crippen molar-refractivity contribution in [3.8, 4) is 0 Å². The maximum absolute atomic E-state index is 13.9. The highest BCUT2D eigenvalue weighted by Crippen LogP contribution is 2.63. The first-order chi connectivity index (χ1) is 10.1. The van der Waals surface area contributed by atoms with Gasteiger partial charge in [0, 0.05) is 6.04 Å². The number of halogens is 1. The van der Waals surface area contributed by atoms with Gasteiger partial charge in [-0.15, -0.1) is 0 Å². The largest absolute Gasteiger partial charge is 0.313 e. The summed E-state index contributed by atoms with van der Waals surface area (Å²) in [6, 6.07) is 5.89. The van der Waals surface area contributed by atoms with Crippen molar-refractivity contribution in [2.24, 2.45) is 23.2 Å². The minimum atomic E-state index is -0.0880. The van der Waals surface area contributed by atoms with Gasteiger partial charge in [0.1, 0.15) is 5.82 Å². The van der Waals surface area contributed by atoms with Crippen LogP contribution in [0, 0.1) is 35.9 Å². The summed E-state index contributed by atoms with van der Waals surface area (Å²) in [5.41, 5.74) is 2.58. The van der Waals surface area contributed by atoms with Crippen LogP contribution < -0.4 is 5.32 Å². The van der Waals surface area contributed by atoms with E-state index in [4.69, 9.17) is 0 Å². The second-order valence-corrected chi connectivity index (χ2v) is 8.06. The number of hydrogen-bond acceptors (Lipinski definition) is 1. The first kappa shape index (κ1) is 13.8. The monoisotopic (exact) mass is 287 g/mol. The summed E-state index contributed by atoms with van der Waals surface area (Å²) in [6.07, 6.45) is 8.41. The molecule has 1 aromatic rings. The summed E-state index contributed by atoms with van der Waals surface area (Å²) in [7, 11) is 2.06. The molecule has 4 bridgehead atoms. The highest BCUT2D eigenvalue weighted by atomic mass is 19.1. The fourth-order valence-electron chi connectivity index (χ4n) is 6.29. The molecule has 1 unspecified atom stereocenters. The molecule has 4 fully saturated rings. The van der Waals surface area contributed by atoms with Crippen LogP contribution in [0.15, 0.2) is 18.2 Å². The molecule has 2 heteroatoms. The molecule has 4 aliphatic rings. The van der Waals surface area contributed by atoms with E-state index in [2.05, 4.69) is 18.4 Å². The zero-order valence-corrected chi connectivity index (χ0v) is 13.2. The number of rotatable bonds is 3. The minimum absolute atomic E-state index is 0.0880.